The molecule has 2 fully saturated rings. The van der Waals surface area contributed by atoms with Crippen LogP contribution in [0.4, 0.5) is 5.69 Å². The molecule has 1 aliphatic heterocycles. The molecular weight excluding hydrogens is 250 g/mol. The topological polar surface area (TPSA) is 56.1 Å². The van der Waals surface area contributed by atoms with E-state index < -0.39 is 5.54 Å². The van der Waals surface area contributed by atoms with Gasteiger partial charge in [0.1, 0.15) is 6.07 Å². The first-order chi connectivity index (χ1) is 9.47. The summed E-state index contributed by atoms with van der Waals surface area (Å²) in [6.07, 6.45) is 2.29. The molecule has 1 aromatic carbocycles. The van der Waals surface area contributed by atoms with E-state index in [1.54, 1.807) is 6.07 Å². The van der Waals surface area contributed by atoms with Gasteiger partial charge >= 0.3 is 0 Å². The Morgan fingerprint density at radius 1 is 1.30 bits per heavy atom. The van der Waals surface area contributed by atoms with E-state index in [4.69, 9.17) is 0 Å². The van der Waals surface area contributed by atoms with Gasteiger partial charge in [0.25, 0.3) is 0 Å². The lowest BCUT2D eigenvalue weighted by molar-refractivity contribution is -0.123. The Morgan fingerprint density at radius 3 is 2.65 bits per heavy atom. The monoisotopic (exact) mass is 269 g/mol. The number of nitrogens with one attached hydrogen (secondary N) is 1. The number of anilines is 1. The highest BCUT2D eigenvalue weighted by molar-refractivity contribution is 6.01. The average molecular weight is 269 g/mol. The smallest absolute Gasteiger partial charge is 0.246 e. The van der Waals surface area contributed by atoms with Crippen LogP contribution in [0.5, 0.6) is 0 Å². The predicted molar refractivity (Wildman–Crippen MR) is 77.3 cm³/mol. The molecule has 1 saturated carbocycles. The van der Waals surface area contributed by atoms with Gasteiger partial charge in [-0.15, -0.1) is 0 Å². The Morgan fingerprint density at radius 2 is 2.00 bits per heavy atom. The Bertz CT molecular complexity index is 596. The minimum absolute atomic E-state index is 0.0453. The van der Waals surface area contributed by atoms with Gasteiger partial charge in [0.05, 0.1) is 16.8 Å². The maximum absolute atomic E-state index is 12.8. The van der Waals surface area contributed by atoms with Gasteiger partial charge in [0, 0.05) is 18.5 Å². The lowest BCUT2D eigenvalue weighted by Gasteiger charge is -2.30. The Labute approximate surface area is 119 Å². The van der Waals surface area contributed by atoms with Crippen molar-refractivity contribution in [3.63, 3.8) is 0 Å². The predicted octanol–water partition coefficient (Wildman–Crippen LogP) is 2.05. The molecule has 0 atom stereocenters. The first kappa shape index (κ1) is 13.1. The summed E-state index contributed by atoms with van der Waals surface area (Å²) in [5.41, 5.74) is 0.915. The van der Waals surface area contributed by atoms with Crippen molar-refractivity contribution in [1.82, 2.24) is 5.32 Å². The highest BCUT2D eigenvalue weighted by Gasteiger charge is 2.50. The molecule has 0 unspecified atom stereocenters. The minimum Gasteiger partial charge on any atom is -0.309 e. The summed E-state index contributed by atoms with van der Waals surface area (Å²) in [6, 6.07) is 9.55. The molecule has 0 bridgehead atoms. The van der Waals surface area contributed by atoms with Crippen LogP contribution < -0.4 is 10.2 Å². The maximum Gasteiger partial charge on any atom is 0.246 e. The van der Waals surface area contributed by atoms with E-state index in [1.165, 1.54) is 0 Å². The molecule has 0 aromatic heterocycles. The molecule has 1 saturated heterocycles. The van der Waals surface area contributed by atoms with Crippen LogP contribution in [-0.2, 0) is 4.79 Å². The largest absolute Gasteiger partial charge is 0.309 e. The molecule has 4 nitrogen and oxygen atoms in total. The van der Waals surface area contributed by atoms with E-state index in [-0.39, 0.29) is 11.3 Å². The second-order valence-corrected chi connectivity index (χ2v) is 6.50. The lowest BCUT2D eigenvalue weighted by atomic mass is 10.0. The zero-order chi connectivity index (χ0) is 14.4. The third-order valence-electron chi connectivity index (χ3n) is 4.45. The highest BCUT2D eigenvalue weighted by atomic mass is 16.2. The van der Waals surface area contributed by atoms with Crippen molar-refractivity contribution in [1.29, 1.82) is 5.26 Å². The van der Waals surface area contributed by atoms with Crippen LogP contribution in [0.1, 0.15) is 32.3 Å². The van der Waals surface area contributed by atoms with Crippen LogP contribution in [0, 0.1) is 16.7 Å². The SMILES string of the molecule is CC1(C)NCC2(CC2)CN(c2ccccc2C#N)C1=O. The molecule has 3 rings (SSSR count). The van der Waals surface area contributed by atoms with Gasteiger partial charge in [-0.2, -0.15) is 5.26 Å². The molecule has 1 N–H and O–H groups in total. The number of carbonyl (C=O) groups is 1. The minimum atomic E-state index is -0.589. The average Bonchev–Trinajstić information content (AvgIpc) is 3.23. The van der Waals surface area contributed by atoms with E-state index >= 15 is 0 Å². The molecule has 1 aliphatic carbocycles. The maximum atomic E-state index is 12.8. The van der Waals surface area contributed by atoms with Crippen molar-refractivity contribution in [2.24, 2.45) is 5.41 Å². The van der Waals surface area contributed by atoms with Gasteiger partial charge in [0.2, 0.25) is 5.91 Å². The standard InChI is InChI=1S/C16H19N3O/c1-15(2)14(20)19(11-16(7-8-16)10-18-15)13-6-4-3-5-12(13)9-17/h3-6,18H,7-8,10-11H2,1-2H3. The van der Waals surface area contributed by atoms with Crippen molar-refractivity contribution in [3.05, 3.63) is 29.8 Å². The van der Waals surface area contributed by atoms with Crippen molar-refractivity contribution < 1.29 is 4.79 Å². The van der Waals surface area contributed by atoms with Crippen LogP contribution in [-0.4, -0.2) is 24.5 Å². The first-order valence-corrected chi connectivity index (χ1v) is 7.04. The van der Waals surface area contributed by atoms with E-state index in [0.717, 1.165) is 25.1 Å². The Balaban J connectivity index is 2.05. The molecule has 0 radical (unpaired) electrons. The fraction of sp³-hybridized carbons (Fsp3) is 0.500. The number of amides is 1. The molecule has 4 heteroatoms. The third kappa shape index (κ3) is 2.08. The summed E-state index contributed by atoms with van der Waals surface area (Å²) in [4.78, 5) is 14.6. The zero-order valence-corrected chi connectivity index (χ0v) is 11.9. The fourth-order valence-corrected chi connectivity index (χ4v) is 2.79. The summed E-state index contributed by atoms with van der Waals surface area (Å²) < 4.78 is 0. The number of nitriles is 1. The molecule has 1 amide bonds. The van der Waals surface area contributed by atoms with Crippen LogP contribution in [0.2, 0.25) is 0 Å². The van der Waals surface area contributed by atoms with E-state index in [2.05, 4.69) is 11.4 Å². The van der Waals surface area contributed by atoms with Gasteiger partial charge < -0.3 is 10.2 Å². The molecule has 1 aromatic rings. The third-order valence-corrected chi connectivity index (χ3v) is 4.45. The van der Waals surface area contributed by atoms with Crippen molar-refractivity contribution in [3.8, 4) is 6.07 Å². The fourth-order valence-electron chi connectivity index (χ4n) is 2.79. The van der Waals surface area contributed by atoms with E-state index in [9.17, 15) is 10.1 Å². The molecule has 1 heterocycles. The van der Waals surface area contributed by atoms with Crippen LogP contribution in [0.3, 0.4) is 0 Å². The second-order valence-electron chi connectivity index (χ2n) is 6.50. The van der Waals surface area contributed by atoms with E-state index in [0.29, 0.717) is 12.1 Å². The second kappa shape index (κ2) is 4.32. The first-order valence-electron chi connectivity index (χ1n) is 7.04. The van der Waals surface area contributed by atoms with Crippen LogP contribution in [0.15, 0.2) is 24.3 Å². The molecule has 104 valence electrons. The summed E-state index contributed by atoms with van der Waals surface area (Å²) in [5, 5.41) is 12.7. The summed E-state index contributed by atoms with van der Waals surface area (Å²) in [6.45, 7) is 5.41. The zero-order valence-electron chi connectivity index (χ0n) is 11.9. The number of carbonyl (C=O) groups excluding carboxylic acids is 1. The van der Waals surface area contributed by atoms with E-state index in [1.807, 2.05) is 36.9 Å². The normalized spacial score (nSPS) is 23.2. The van der Waals surface area contributed by atoms with Crippen molar-refractivity contribution >= 4 is 11.6 Å². The Hall–Kier alpha value is -1.86. The lowest BCUT2D eigenvalue weighted by Crippen LogP contribution is -2.52. The molecular formula is C16H19N3O. The van der Waals surface area contributed by atoms with Crippen LogP contribution in [0.25, 0.3) is 0 Å². The molecule has 20 heavy (non-hydrogen) atoms. The van der Waals surface area contributed by atoms with Crippen molar-refractivity contribution in [2.75, 3.05) is 18.0 Å². The molecule has 2 aliphatic rings. The summed E-state index contributed by atoms with van der Waals surface area (Å²) >= 11 is 0. The van der Waals surface area contributed by atoms with Crippen molar-refractivity contribution in [2.45, 2.75) is 32.2 Å². The number of nitrogens with zero attached hydrogens (tertiary/aromatic N) is 2. The van der Waals surface area contributed by atoms with Gasteiger partial charge in [-0.1, -0.05) is 12.1 Å². The Kier molecular flexibility index (Phi) is 2.84. The number of hydrogen-bond donors (Lipinski definition) is 1. The number of rotatable bonds is 1. The highest BCUT2D eigenvalue weighted by Crippen LogP contribution is 2.48. The molecule has 1 spiro atoms. The number of benzene rings is 1. The van der Waals surface area contributed by atoms with Crippen LogP contribution >= 0.6 is 0 Å². The summed E-state index contributed by atoms with van der Waals surface area (Å²) in [7, 11) is 0. The summed E-state index contributed by atoms with van der Waals surface area (Å²) in [5.74, 6) is 0.0453. The van der Waals surface area contributed by atoms with Gasteiger partial charge in [-0.25, -0.2) is 0 Å². The number of hydrogen-bond acceptors (Lipinski definition) is 3. The van der Waals surface area contributed by atoms with Gasteiger partial charge in [-0.05, 0) is 38.8 Å². The quantitative estimate of drug-likeness (QED) is 0.849. The number of para-hydroxylation sites is 1. The van der Waals surface area contributed by atoms with Gasteiger partial charge in [0.15, 0.2) is 0 Å². The van der Waals surface area contributed by atoms with Gasteiger partial charge in [-0.3, -0.25) is 4.79 Å².